The molecule has 1 amide bonds. The van der Waals surface area contributed by atoms with Gasteiger partial charge in [0.2, 0.25) is 0 Å². The largest absolute Gasteiger partial charge is 0.464 e. The Morgan fingerprint density at radius 3 is 2.41 bits per heavy atom. The van der Waals surface area contributed by atoms with Crippen LogP contribution in [0.4, 0.5) is 0 Å². The van der Waals surface area contributed by atoms with E-state index in [-0.39, 0.29) is 11.4 Å². The Morgan fingerprint density at radius 1 is 1.00 bits per heavy atom. The van der Waals surface area contributed by atoms with Crippen LogP contribution in [0.15, 0.2) is 53.3 Å². The molecule has 6 rings (SSSR count). The third-order valence-electron chi connectivity index (χ3n) is 6.39. The van der Waals surface area contributed by atoms with E-state index in [0.29, 0.717) is 5.56 Å². The number of aromatic nitrogens is 1. The lowest BCUT2D eigenvalue weighted by Gasteiger charge is -2.51. The molecule has 3 aliphatic carbocycles. The number of aliphatic hydroxyl groups is 1. The standard InChI is InChI=1S/C22H22N2O3/c25-20(24-21-7-10-22(26,11-8-21)12-9-21)16-3-1-15(2-4-16)19-17-6-14-27-18(17)5-13-23-19/h1-6,13-14,26H,7-12H2,(H,24,25). The predicted octanol–water partition coefficient (Wildman–Crippen LogP) is 4.06. The molecule has 27 heavy (non-hydrogen) atoms. The summed E-state index contributed by atoms with van der Waals surface area (Å²) < 4.78 is 5.44. The molecule has 0 unspecified atom stereocenters. The highest BCUT2D eigenvalue weighted by molar-refractivity contribution is 5.96. The van der Waals surface area contributed by atoms with Crippen molar-refractivity contribution in [2.75, 3.05) is 0 Å². The number of furan rings is 1. The van der Waals surface area contributed by atoms with Crippen LogP contribution in [-0.2, 0) is 0 Å². The fourth-order valence-electron chi connectivity index (χ4n) is 4.57. The van der Waals surface area contributed by atoms with Crippen molar-refractivity contribution in [3.8, 4) is 11.3 Å². The summed E-state index contributed by atoms with van der Waals surface area (Å²) >= 11 is 0. The van der Waals surface area contributed by atoms with Gasteiger partial charge in [-0.1, -0.05) is 12.1 Å². The van der Waals surface area contributed by atoms with Crippen molar-refractivity contribution in [3.63, 3.8) is 0 Å². The van der Waals surface area contributed by atoms with Crippen molar-refractivity contribution in [1.82, 2.24) is 10.3 Å². The summed E-state index contributed by atoms with van der Waals surface area (Å²) in [5, 5.41) is 14.6. The van der Waals surface area contributed by atoms with Crippen molar-refractivity contribution < 1.29 is 14.3 Å². The van der Waals surface area contributed by atoms with Gasteiger partial charge in [0.15, 0.2) is 0 Å². The van der Waals surface area contributed by atoms with Crippen LogP contribution in [0.3, 0.4) is 0 Å². The van der Waals surface area contributed by atoms with Gasteiger partial charge in [0.1, 0.15) is 5.58 Å². The Hall–Kier alpha value is -2.66. The number of nitrogens with one attached hydrogen (secondary N) is 1. The SMILES string of the molecule is O=C(NC12CCC(O)(CC1)CC2)c1ccc(-c2nccc3occc23)cc1. The van der Waals surface area contributed by atoms with Crippen molar-refractivity contribution >= 4 is 16.9 Å². The summed E-state index contributed by atoms with van der Waals surface area (Å²) in [6.45, 7) is 0. The number of carbonyl (C=O) groups excluding carboxylic acids is 1. The van der Waals surface area contributed by atoms with Gasteiger partial charge >= 0.3 is 0 Å². The van der Waals surface area contributed by atoms with Crippen LogP contribution in [0.1, 0.15) is 48.9 Å². The molecule has 3 aliphatic rings. The van der Waals surface area contributed by atoms with Crippen molar-refractivity contribution in [2.24, 2.45) is 0 Å². The summed E-state index contributed by atoms with van der Waals surface area (Å²) in [7, 11) is 0. The second-order valence-corrected chi connectivity index (χ2v) is 8.03. The first kappa shape index (κ1) is 16.5. The van der Waals surface area contributed by atoms with Crippen molar-refractivity contribution in [2.45, 2.75) is 49.7 Å². The lowest BCUT2D eigenvalue weighted by atomic mass is 9.63. The lowest BCUT2D eigenvalue weighted by Crippen LogP contribution is -2.58. The fraction of sp³-hybridized carbons (Fsp3) is 0.364. The second kappa shape index (κ2) is 5.92. The minimum Gasteiger partial charge on any atom is -0.464 e. The summed E-state index contributed by atoms with van der Waals surface area (Å²) in [6, 6.07) is 11.3. The molecule has 2 N–H and O–H groups in total. The van der Waals surface area contributed by atoms with Gasteiger partial charge in [0.25, 0.3) is 5.91 Å². The molecule has 0 saturated heterocycles. The van der Waals surface area contributed by atoms with Gasteiger partial charge in [-0.3, -0.25) is 9.78 Å². The number of carbonyl (C=O) groups is 1. The molecule has 5 heteroatoms. The molecule has 2 aromatic heterocycles. The molecule has 0 atom stereocenters. The first-order chi connectivity index (χ1) is 13.1. The fourth-order valence-corrected chi connectivity index (χ4v) is 4.57. The molecule has 2 bridgehead atoms. The molecule has 3 aromatic rings. The van der Waals surface area contributed by atoms with E-state index in [2.05, 4.69) is 10.3 Å². The maximum absolute atomic E-state index is 12.8. The van der Waals surface area contributed by atoms with Crippen LogP contribution in [0, 0.1) is 0 Å². The summed E-state index contributed by atoms with van der Waals surface area (Å²) in [6.07, 6.45) is 8.33. The zero-order valence-corrected chi connectivity index (χ0v) is 15.1. The Bertz CT molecular complexity index is 981. The number of nitrogens with zero attached hydrogens (tertiary/aromatic N) is 1. The molecule has 0 spiro atoms. The molecule has 0 aliphatic heterocycles. The maximum atomic E-state index is 12.8. The number of fused-ring (bicyclic) bond motifs is 4. The van der Waals surface area contributed by atoms with Gasteiger partial charge in [0, 0.05) is 28.2 Å². The predicted molar refractivity (Wildman–Crippen MR) is 102 cm³/mol. The number of hydrogen-bond acceptors (Lipinski definition) is 4. The number of pyridine rings is 1. The van der Waals surface area contributed by atoms with Gasteiger partial charge in [-0.15, -0.1) is 0 Å². The highest BCUT2D eigenvalue weighted by Gasteiger charge is 2.48. The van der Waals surface area contributed by atoms with E-state index < -0.39 is 5.60 Å². The summed E-state index contributed by atoms with van der Waals surface area (Å²) in [5.74, 6) is -0.0385. The molecule has 3 saturated carbocycles. The average Bonchev–Trinajstić information content (AvgIpc) is 3.18. The minimum absolute atomic E-state index is 0.0385. The normalized spacial score (nSPS) is 27.0. The zero-order chi connectivity index (χ0) is 18.5. The topological polar surface area (TPSA) is 75.4 Å². The molecule has 1 aromatic carbocycles. The number of rotatable bonds is 3. The molecule has 2 heterocycles. The van der Waals surface area contributed by atoms with E-state index in [9.17, 15) is 9.90 Å². The summed E-state index contributed by atoms with van der Waals surface area (Å²) in [5.41, 5.74) is 2.62. The number of benzene rings is 1. The third-order valence-corrected chi connectivity index (χ3v) is 6.39. The highest BCUT2D eigenvalue weighted by Crippen LogP contribution is 2.46. The maximum Gasteiger partial charge on any atom is 0.251 e. The number of hydrogen-bond donors (Lipinski definition) is 2. The molecule has 5 nitrogen and oxygen atoms in total. The van der Waals surface area contributed by atoms with Crippen LogP contribution < -0.4 is 5.32 Å². The van der Waals surface area contributed by atoms with Crippen LogP contribution in [0.25, 0.3) is 22.2 Å². The Kier molecular flexibility index (Phi) is 3.62. The highest BCUT2D eigenvalue weighted by atomic mass is 16.3. The molecule has 3 fully saturated rings. The monoisotopic (exact) mass is 362 g/mol. The Balaban J connectivity index is 1.36. The van der Waals surface area contributed by atoms with E-state index in [1.54, 1.807) is 12.5 Å². The Morgan fingerprint density at radius 2 is 1.70 bits per heavy atom. The van der Waals surface area contributed by atoms with Crippen molar-refractivity contribution in [3.05, 3.63) is 54.4 Å². The van der Waals surface area contributed by atoms with Crippen LogP contribution in [0.5, 0.6) is 0 Å². The van der Waals surface area contributed by atoms with E-state index in [1.807, 2.05) is 36.4 Å². The molecular formula is C22H22N2O3. The van der Waals surface area contributed by atoms with Crippen LogP contribution in [0.2, 0.25) is 0 Å². The van der Waals surface area contributed by atoms with Gasteiger partial charge in [-0.05, 0) is 62.8 Å². The lowest BCUT2D eigenvalue weighted by molar-refractivity contribution is -0.0702. The van der Waals surface area contributed by atoms with E-state index in [0.717, 1.165) is 60.8 Å². The first-order valence-corrected chi connectivity index (χ1v) is 9.54. The van der Waals surface area contributed by atoms with E-state index in [4.69, 9.17) is 4.42 Å². The quantitative estimate of drug-likeness (QED) is 0.737. The third kappa shape index (κ3) is 2.82. The van der Waals surface area contributed by atoms with Gasteiger partial charge in [-0.25, -0.2) is 0 Å². The first-order valence-electron chi connectivity index (χ1n) is 9.54. The number of amides is 1. The molecule has 138 valence electrons. The zero-order valence-electron chi connectivity index (χ0n) is 15.1. The van der Waals surface area contributed by atoms with Gasteiger partial charge < -0.3 is 14.8 Å². The molecule has 0 radical (unpaired) electrons. The summed E-state index contributed by atoms with van der Waals surface area (Å²) in [4.78, 5) is 17.3. The van der Waals surface area contributed by atoms with Gasteiger partial charge in [0.05, 0.1) is 17.6 Å². The van der Waals surface area contributed by atoms with Crippen LogP contribution >= 0.6 is 0 Å². The second-order valence-electron chi connectivity index (χ2n) is 8.03. The Labute approximate surface area is 157 Å². The van der Waals surface area contributed by atoms with Crippen LogP contribution in [-0.4, -0.2) is 27.1 Å². The van der Waals surface area contributed by atoms with E-state index in [1.165, 1.54) is 0 Å². The van der Waals surface area contributed by atoms with E-state index >= 15 is 0 Å². The average molecular weight is 362 g/mol. The minimum atomic E-state index is -0.491. The smallest absolute Gasteiger partial charge is 0.251 e. The van der Waals surface area contributed by atoms with Gasteiger partial charge in [-0.2, -0.15) is 0 Å². The van der Waals surface area contributed by atoms with Crippen molar-refractivity contribution in [1.29, 1.82) is 0 Å². The molecular weight excluding hydrogens is 340 g/mol.